The summed E-state index contributed by atoms with van der Waals surface area (Å²) in [6.45, 7) is 4.96. The molecule has 3 N–H and O–H groups in total. The topological polar surface area (TPSA) is 131 Å². The number of amides is 2. The predicted molar refractivity (Wildman–Crippen MR) is 108 cm³/mol. The summed E-state index contributed by atoms with van der Waals surface area (Å²) < 4.78 is 0. The van der Waals surface area contributed by atoms with Gasteiger partial charge in [0.2, 0.25) is 11.7 Å². The number of hydrazine groups is 1. The van der Waals surface area contributed by atoms with E-state index in [9.17, 15) is 9.59 Å². The van der Waals surface area contributed by atoms with Crippen molar-refractivity contribution in [2.45, 2.75) is 58.8 Å². The van der Waals surface area contributed by atoms with Crippen LogP contribution in [0, 0.1) is 22.7 Å². The first kappa shape index (κ1) is 22.4. The van der Waals surface area contributed by atoms with Crippen molar-refractivity contribution < 1.29 is 14.7 Å². The normalized spacial score (nSPS) is 14.7. The summed E-state index contributed by atoms with van der Waals surface area (Å²) >= 11 is 0. The highest BCUT2D eigenvalue weighted by Gasteiger charge is 2.27. The van der Waals surface area contributed by atoms with Gasteiger partial charge in [-0.1, -0.05) is 33.1 Å². The van der Waals surface area contributed by atoms with E-state index in [-0.39, 0.29) is 23.1 Å². The Labute approximate surface area is 171 Å². The summed E-state index contributed by atoms with van der Waals surface area (Å²) in [7, 11) is 0. The van der Waals surface area contributed by atoms with Crippen molar-refractivity contribution in [1.29, 1.82) is 5.26 Å². The Hall–Kier alpha value is -2.89. The quantitative estimate of drug-likeness (QED) is 0.427. The van der Waals surface area contributed by atoms with Crippen LogP contribution in [-0.4, -0.2) is 40.2 Å². The molecule has 0 spiro atoms. The number of hydrogen-bond acceptors (Lipinski definition) is 6. The standard InChI is InChI=1S/C20H30N6O3/c1-20(2,10-6-11-23-19(28)29)14-26(17-9-12-22-16(13-21)24-17)25-18(27)15-7-4-3-5-8-15/h9,12,15,23H,3-8,10-11,14H2,1-2H3,(H,25,27)(H,28,29). The third-order valence-corrected chi connectivity index (χ3v) is 5.13. The smallest absolute Gasteiger partial charge is 0.404 e. The van der Waals surface area contributed by atoms with Gasteiger partial charge in [0.05, 0.1) is 0 Å². The van der Waals surface area contributed by atoms with Gasteiger partial charge in [-0.2, -0.15) is 10.2 Å². The summed E-state index contributed by atoms with van der Waals surface area (Å²) in [4.78, 5) is 31.6. The maximum atomic E-state index is 12.8. The van der Waals surface area contributed by atoms with E-state index in [2.05, 4.69) is 34.6 Å². The Morgan fingerprint density at radius 2 is 2.07 bits per heavy atom. The Morgan fingerprint density at radius 1 is 1.34 bits per heavy atom. The molecule has 9 heteroatoms. The monoisotopic (exact) mass is 402 g/mol. The Balaban J connectivity index is 2.09. The number of anilines is 1. The number of nitrogens with one attached hydrogen (secondary N) is 2. The van der Waals surface area contributed by atoms with Crippen molar-refractivity contribution in [3.8, 4) is 6.07 Å². The second-order valence-electron chi connectivity index (χ2n) is 8.25. The molecule has 2 rings (SSSR count). The van der Waals surface area contributed by atoms with Crippen LogP contribution < -0.4 is 15.8 Å². The maximum Gasteiger partial charge on any atom is 0.404 e. The Morgan fingerprint density at radius 3 is 2.72 bits per heavy atom. The maximum absolute atomic E-state index is 12.8. The molecule has 0 saturated heterocycles. The highest BCUT2D eigenvalue weighted by molar-refractivity contribution is 5.80. The van der Waals surface area contributed by atoms with Gasteiger partial charge in [-0.15, -0.1) is 0 Å². The van der Waals surface area contributed by atoms with Gasteiger partial charge in [0.15, 0.2) is 5.82 Å². The lowest BCUT2D eigenvalue weighted by molar-refractivity contribution is -0.126. The molecule has 0 atom stereocenters. The molecule has 9 nitrogen and oxygen atoms in total. The Bertz CT molecular complexity index is 740. The average Bonchev–Trinajstić information content (AvgIpc) is 2.71. The molecule has 1 aromatic rings. The zero-order valence-corrected chi connectivity index (χ0v) is 17.1. The van der Waals surface area contributed by atoms with Gasteiger partial charge < -0.3 is 10.4 Å². The highest BCUT2D eigenvalue weighted by atomic mass is 16.4. The fourth-order valence-electron chi connectivity index (χ4n) is 3.59. The number of carbonyl (C=O) groups excluding carboxylic acids is 1. The van der Waals surface area contributed by atoms with Gasteiger partial charge in [0, 0.05) is 31.3 Å². The van der Waals surface area contributed by atoms with E-state index in [1.54, 1.807) is 11.1 Å². The largest absolute Gasteiger partial charge is 0.465 e. The molecule has 1 aliphatic rings. The average molecular weight is 402 g/mol. The van der Waals surface area contributed by atoms with Crippen LogP contribution in [0.2, 0.25) is 0 Å². The fourth-order valence-corrected chi connectivity index (χ4v) is 3.59. The minimum absolute atomic E-state index is 0.00796. The van der Waals surface area contributed by atoms with Crippen LogP contribution in [0.25, 0.3) is 0 Å². The molecule has 29 heavy (non-hydrogen) atoms. The number of hydrogen-bond donors (Lipinski definition) is 3. The second kappa shape index (κ2) is 10.6. The Kier molecular flexibility index (Phi) is 8.19. The van der Waals surface area contributed by atoms with Crippen molar-refractivity contribution in [1.82, 2.24) is 20.7 Å². The molecule has 0 radical (unpaired) electrons. The number of carboxylic acid groups (broad SMARTS) is 1. The molecule has 0 aromatic carbocycles. The minimum atomic E-state index is -1.03. The molecule has 2 amide bonds. The van der Waals surface area contributed by atoms with E-state index < -0.39 is 6.09 Å². The number of rotatable bonds is 9. The fraction of sp³-hybridized carbons (Fsp3) is 0.650. The van der Waals surface area contributed by atoms with Crippen molar-refractivity contribution in [3.05, 3.63) is 18.1 Å². The lowest BCUT2D eigenvalue weighted by Gasteiger charge is -2.35. The predicted octanol–water partition coefficient (Wildman–Crippen LogP) is 2.84. The van der Waals surface area contributed by atoms with E-state index in [1.165, 1.54) is 12.6 Å². The van der Waals surface area contributed by atoms with E-state index in [1.807, 2.05) is 6.07 Å². The van der Waals surface area contributed by atoms with Crippen molar-refractivity contribution in [2.24, 2.45) is 11.3 Å². The van der Waals surface area contributed by atoms with Crippen LogP contribution in [0.1, 0.15) is 64.6 Å². The highest BCUT2D eigenvalue weighted by Crippen LogP contribution is 2.27. The van der Waals surface area contributed by atoms with Crippen molar-refractivity contribution >= 4 is 17.8 Å². The van der Waals surface area contributed by atoms with Crippen molar-refractivity contribution in [2.75, 3.05) is 18.1 Å². The summed E-state index contributed by atoms with van der Waals surface area (Å²) in [5, 5.41) is 21.9. The summed E-state index contributed by atoms with van der Waals surface area (Å²) in [5.41, 5.74) is 2.78. The molecular weight excluding hydrogens is 372 g/mol. The molecule has 0 aliphatic heterocycles. The molecular formula is C20H30N6O3. The van der Waals surface area contributed by atoms with Gasteiger partial charge in [0.25, 0.3) is 0 Å². The van der Waals surface area contributed by atoms with Crippen LogP contribution in [0.4, 0.5) is 10.6 Å². The summed E-state index contributed by atoms with van der Waals surface area (Å²) in [6.07, 6.45) is 6.96. The van der Waals surface area contributed by atoms with Gasteiger partial charge >= 0.3 is 6.09 Å². The van der Waals surface area contributed by atoms with E-state index in [0.29, 0.717) is 25.3 Å². The molecule has 0 bridgehead atoms. The van der Waals surface area contributed by atoms with Crippen LogP contribution in [0.15, 0.2) is 12.3 Å². The van der Waals surface area contributed by atoms with Gasteiger partial charge in [-0.25, -0.2) is 9.78 Å². The van der Waals surface area contributed by atoms with Gasteiger partial charge in [-0.3, -0.25) is 15.2 Å². The molecule has 1 aromatic heterocycles. The summed E-state index contributed by atoms with van der Waals surface area (Å²) in [5.74, 6) is 0.483. The molecule has 1 heterocycles. The van der Waals surface area contributed by atoms with E-state index in [4.69, 9.17) is 10.4 Å². The van der Waals surface area contributed by atoms with E-state index >= 15 is 0 Å². The van der Waals surface area contributed by atoms with Crippen LogP contribution in [-0.2, 0) is 4.79 Å². The number of aromatic nitrogens is 2. The SMILES string of the molecule is CC(C)(CCCNC(=O)O)CN(NC(=O)C1CCCCC1)c1ccnc(C#N)n1. The van der Waals surface area contributed by atoms with Crippen LogP contribution in [0.3, 0.4) is 0 Å². The van der Waals surface area contributed by atoms with Crippen LogP contribution >= 0.6 is 0 Å². The first-order valence-corrected chi connectivity index (χ1v) is 10.1. The third kappa shape index (κ3) is 7.56. The minimum Gasteiger partial charge on any atom is -0.465 e. The molecule has 1 aliphatic carbocycles. The van der Waals surface area contributed by atoms with Crippen molar-refractivity contribution in [3.63, 3.8) is 0 Å². The number of nitriles is 1. The molecule has 1 fully saturated rings. The first-order valence-electron chi connectivity index (χ1n) is 10.1. The molecule has 0 unspecified atom stereocenters. The second-order valence-corrected chi connectivity index (χ2v) is 8.25. The van der Waals surface area contributed by atoms with Gasteiger partial charge in [-0.05, 0) is 31.1 Å². The first-order chi connectivity index (χ1) is 13.8. The van der Waals surface area contributed by atoms with Crippen LogP contribution in [0.5, 0.6) is 0 Å². The lowest BCUT2D eigenvalue weighted by Crippen LogP contribution is -2.50. The zero-order valence-electron chi connectivity index (χ0n) is 17.1. The summed E-state index contributed by atoms with van der Waals surface area (Å²) in [6, 6.07) is 3.60. The van der Waals surface area contributed by atoms with Gasteiger partial charge in [0.1, 0.15) is 6.07 Å². The van der Waals surface area contributed by atoms with E-state index in [0.717, 1.165) is 32.1 Å². The number of nitrogens with zero attached hydrogens (tertiary/aromatic N) is 4. The third-order valence-electron chi connectivity index (χ3n) is 5.13. The molecule has 1 saturated carbocycles. The zero-order chi connectivity index (χ0) is 21.3. The molecule has 158 valence electrons. The lowest BCUT2D eigenvalue weighted by atomic mass is 9.87. The number of carbonyl (C=O) groups is 2.